The summed E-state index contributed by atoms with van der Waals surface area (Å²) in [5, 5.41) is 0. The first-order chi connectivity index (χ1) is 6.93. The van der Waals surface area contributed by atoms with Gasteiger partial charge in [0.15, 0.2) is 0 Å². The van der Waals surface area contributed by atoms with Crippen molar-refractivity contribution in [2.75, 3.05) is 6.54 Å². The van der Waals surface area contributed by atoms with Crippen LogP contribution in [0.4, 0.5) is 0 Å². The highest BCUT2D eigenvalue weighted by Gasteiger charge is 2.25. The lowest BCUT2D eigenvalue weighted by molar-refractivity contribution is -0.125. The van der Waals surface area contributed by atoms with Crippen LogP contribution in [0.1, 0.15) is 54.4 Å². The summed E-state index contributed by atoms with van der Waals surface area (Å²) in [6.45, 7) is 13.8. The Balaban J connectivity index is 4.65. The second-order valence-electron chi connectivity index (χ2n) is 4.89. The smallest absolute Gasteiger partial charge is 0.149 e. The molecule has 90 valence electrons. The monoisotopic (exact) mass is 213 g/mol. The predicted molar refractivity (Wildman–Crippen MR) is 66.1 cm³/mol. The molecule has 0 aliphatic heterocycles. The molecular weight excluding hydrogens is 186 g/mol. The van der Waals surface area contributed by atoms with Crippen LogP contribution >= 0.6 is 0 Å². The van der Waals surface area contributed by atoms with Crippen LogP contribution in [0.5, 0.6) is 0 Å². The molecule has 0 saturated carbocycles. The summed E-state index contributed by atoms with van der Waals surface area (Å²) in [5.74, 6) is 0.970. The quantitative estimate of drug-likeness (QED) is 0.647. The lowest BCUT2D eigenvalue weighted by atomic mass is 9.96. The van der Waals surface area contributed by atoms with Gasteiger partial charge in [0.2, 0.25) is 0 Å². The highest BCUT2D eigenvalue weighted by Crippen LogP contribution is 2.16. The van der Waals surface area contributed by atoms with Crippen LogP contribution in [0.2, 0.25) is 0 Å². The number of carbonyl (C=O) groups excluding carboxylic acids is 1. The molecule has 0 fully saturated rings. The Morgan fingerprint density at radius 2 is 1.67 bits per heavy atom. The Labute approximate surface area is 95.0 Å². The van der Waals surface area contributed by atoms with E-state index in [4.69, 9.17) is 0 Å². The normalized spacial score (nSPS) is 13.9. The molecule has 0 aliphatic rings. The molecule has 1 unspecified atom stereocenters. The number of rotatable bonds is 7. The lowest BCUT2D eigenvalue weighted by Gasteiger charge is -2.34. The maximum Gasteiger partial charge on any atom is 0.149 e. The van der Waals surface area contributed by atoms with Gasteiger partial charge in [-0.25, -0.2) is 0 Å². The number of ketones is 1. The molecule has 0 heterocycles. The molecule has 2 heteroatoms. The first-order valence-electron chi connectivity index (χ1n) is 6.22. The SMILES string of the molecule is CCC(=O)C(CC(C)C)N(CC)C(C)C. The lowest BCUT2D eigenvalue weighted by Crippen LogP contribution is -2.45. The fourth-order valence-electron chi connectivity index (χ4n) is 2.08. The molecule has 0 saturated heterocycles. The zero-order valence-corrected chi connectivity index (χ0v) is 11.2. The number of Topliss-reactive ketones (excluding diaryl/α,β-unsaturated/α-hetero) is 1. The zero-order valence-electron chi connectivity index (χ0n) is 11.2. The van der Waals surface area contributed by atoms with Gasteiger partial charge < -0.3 is 0 Å². The van der Waals surface area contributed by atoms with Gasteiger partial charge in [-0.2, -0.15) is 0 Å². The van der Waals surface area contributed by atoms with Crippen molar-refractivity contribution in [1.29, 1.82) is 0 Å². The maximum absolute atomic E-state index is 11.9. The zero-order chi connectivity index (χ0) is 12.0. The first kappa shape index (κ1) is 14.6. The molecule has 15 heavy (non-hydrogen) atoms. The fraction of sp³-hybridized carbons (Fsp3) is 0.923. The van der Waals surface area contributed by atoms with E-state index < -0.39 is 0 Å². The molecular formula is C13H27NO. The average Bonchev–Trinajstić information content (AvgIpc) is 2.15. The van der Waals surface area contributed by atoms with Crippen molar-refractivity contribution in [2.24, 2.45) is 5.92 Å². The second kappa shape index (κ2) is 7.00. The van der Waals surface area contributed by atoms with E-state index in [1.807, 2.05) is 6.92 Å². The minimum absolute atomic E-state index is 0.125. The van der Waals surface area contributed by atoms with Crippen molar-refractivity contribution in [1.82, 2.24) is 4.90 Å². The van der Waals surface area contributed by atoms with E-state index in [2.05, 4.69) is 39.5 Å². The summed E-state index contributed by atoms with van der Waals surface area (Å²) in [6.07, 6.45) is 1.64. The molecule has 0 bridgehead atoms. The molecule has 0 radical (unpaired) electrons. The van der Waals surface area contributed by atoms with E-state index in [1.165, 1.54) is 0 Å². The summed E-state index contributed by atoms with van der Waals surface area (Å²) in [4.78, 5) is 14.2. The predicted octanol–water partition coefficient (Wildman–Crippen LogP) is 3.11. The largest absolute Gasteiger partial charge is 0.298 e. The maximum atomic E-state index is 11.9. The third-order valence-corrected chi connectivity index (χ3v) is 2.84. The standard InChI is InChI=1S/C13H27NO/c1-7-13(15)12(9-10(3)4)14(8-2)11(5)6/h10-12H,7-9H2,1-6H3. The van der Waals surface area contributed by atoms with Gasteiger partial charge in [-0.15, -0.1) is 0 Å². The van der Waals surface area contributed by atoms with Gasteiger partial charge in [0.25, 0.3) is 0 Å². The molecule has 0 N–H and O–H groups in total. The molecule has 0 rings (SSSR count). The van der Waals surface area contributed by atoms with E-state index in [1.54, 1.807) is 0 Å². The topological polar surface area (TPSA) is 20.3 Å². The van der Waals surface area contributed by atoms with Gasteiger partial charge in [0, 0.05) is 12.5 Å². The first-order valence-corrected chi connectivity index (χ1v) is 6.22. The van der Waals surface area contributed by atoms with Crippen LogP contribution in [-0.2, 0) is 4.79 Å². The molecule has 0 aromatic rings. The van der Waals surface area contributed by atoms with Gasteiger partial charge in [0.05, 0.1) is 6.04 Å². The molecule has 0 spiro atoms. The van der Waals surface area contributed by atoms with Crippen molar-refractivity contribution in [3.8, 4) is 0 Å². The molecule has 0 aliphatic carbocycles. The average molecular weight is 213 g/mol. The van der Waals surface area contributed by atoms with Gasteiger partial charge in [-0.05, 0) is 32.7 Å². The van der Waals surface area contributed by atoms with Crippen LogP contribution < -0.4 is 0 Å². The minimum Gasteiger partial charge on any atom is -0.298 e. The number of hydrogen-bond acceptors (Lipinski definition) is 2. The Bertz CT molecular complexity index is 187. The Kier molecular flexibility index (Phi) is 6.82. The van der Waals surface area contributed by atoms with Crippen LogP contribution in [0, 0.1) is 5.92 Å². The highest BCUT2D eigenvalue weighted by atomic mass is 16.1. The van der Waals surface area contributed by atoms with Gasteiger partial charge >= 0.3 is 0 Å². The van der Waals surface area contributed by atoms with Crippen molar-refractivity contribution in [2.45, 2.75) is 66.5 Å². The van der Waals surface area contributed by atoms with E-state index in [9.17, 15) is 4.79 Å². The summed E-state index contributed by atoms with van der Waals surface area (Å²) in [5.41, 5.74) is 0. The third-order valence-electron chi connectivity index (χ3n) is 2.84. The molecule has 0 aromatic heterocycles. The van der Waals surface area contributed by atoms with Crippen LogP contribution in [0.3, 0.4) is 0 Å². The highest BCUT2D eigenvalue weighted by molar-refractivity contribution is 5.83. The Morgan fingerprint density at radius 1 is 1.13 bits per heavy atom. The van der Waals surface area contributed by atoms with Crippen molar-refractivity contribution in [3.63, 3.8) is 0 Å². The Hall–Kier alpha value is -0.370. The Morgan fingerprint density at radius 3 is 1.93 bits per heavy atom. The summed E-state index contributed by atoms with van der Waals surface area (Å²) in [6, 6.07) is 0.578. The third kappa shape index (κ3) is 4.78. The van der Waals surface area contributed by atoms with Crippen molar-refractivity contribution < 1.29 is 4.79 Å². The number of hydrogen-bond donors (Lipinski definition) is 0. The van der Waals surface area contributed by atoms with Crippen molar-refractivity contribution in [3.05, 3.63) is 0 Å². The number of carbonyl (C=O) groups is 1. The molecule has 0 amide bonds. The summed E-state index contributed by atoms with van der Waals surface area (Å²) in [7, 11) is 0. The molecule has 0 aromatic carbocycles. The van der Waals surface area contributed by atoms with E-state index in [0.717, 1.165) is 13.0 Å². The van der Waals surface area contributed by atoms with Gasteiger partial charge in [-0.1, -0.05) is 27.7 Å². The van der Waals surface area contributed by atoms with Crippen molar-refractivity contribution >= 4 is 5.78 Å². The molecule has 1 atom stereocenters. The van der Waals surface area contributed by atoms with Crippen LogP contribution in [-0.4, -0.2) is 29.3 Å². The fourth-order valence-corrected chi connectivity index (χ4v) is 2.08. The van der Waals surface area contributed by atoms with Crippen LogP contribution in [0.25, 0.3) is 0 Å². The van der Waals surface area contributed by atoms with E-state index in [0.29, 0.717) is 24.2 Å². The molecule has 2 nitrogen and oxygen atoms in total. The van der Waals surface area contributed by atoms with Gasteiger partial charge in [0.1, 0.15) is 5.78 Å². The summed E-state index contributed by atoms with van der Waals surface area (Å²) >= 11 is 0. The van der Waals surface area contributed by atoms with Crippen LogP contribution in [0.15, 0.2) is 0 Å². The minimum atomic E-state index is 0.125. The van der Waals surface area contributed by atoms with E-state index >= 15 is 0 Å². The van der Waals surface area contributed by atoms with Gasteiger partial charge in [-0.3, -0.25) is 9.69 Å². The van der Waals surface area contributed by atoms with E-state index in [-0.39, 0.29) is 6.04 Å². The second-order valence-corrected chi connectivity index (χ2v) is 4.89. The summed E-state index contributed by atoms with van der Waals surface area (Å²) < 4.78 is 0. The number of likely N-dealkylation sites (N-methyl/N-ethyl adjacent to an activating group) is 1. The number of nitrogens with zero attached hydrogens (tertiary/aromatic N) is 1.